The van der Waals surface area contributed by atoms with E-state index in [1.165, 1.54) is 12.5 Å². The van der Waals surface area contributed by atoms with Gasteiger partial charge in [0.15, 0.2) is 0 Å². The molecule has 18 heavy (non-hydrogen) atoms. The average molecular weight is 252 g/mol. The van der Waals surface area contributed by atoms with Crippen molar-refractivity contribution in [1.82, 2.24) is 0 Å². The third-order valence-electron chi connectivity index (χ3n) is 3.37. The molecule has 100 valence electrons. The predicted octanol–water partition coefficient (Wildman–Crippen LogP) is 2.29. The molecule has 0 aliphatic carbocycles. The average Bonchev–Trinajstić information content (AvgIpc) is 2.39. The SMILES string of the molecule is CN(CC1CCCCO1)c1cc(F)cc(CN)c1. The second-order valence-electron chi connectivity index (χ2n) is 4.89. The minimum atomic E-state index is -0.232. The molecule has 1 atom stereocenters. The first kappa shape index (κ1) is 13.3. The van der Waals surface area contributed by atoms with Gasteiger partial charge in [0, 0.05) is 32.4 Å². The lowest BCUT2D eigenvalue weighted by Crippen LogP contribution is -2.33. The fraction of sp³-hybridized carbons (Fsp3) is 0.571. The molecule has 0 saturated carbocycles. The third kappa shape index (κ3) is 3.43. The molecule has 0 spiro atoms. The molecule has 1 unspecified atom stereocenters. The topological polar surface area (TPSA) is 38.5 Å². The Labute approximate surface area is 108 Å². The monoisotopic (exact) mass is 252 g/mol. The van der Waals surface area contributed by atoms with Crippen LogP contribution in [-0.4, -0.2) is 26.3 Å². The van der Waals surface area contributed by atoms with E-state index in [4.69, 9.17) is 10.5 Å². The largest absolute Gasteiger partial charge is 0.376 e. The van der Waals surface area contributed by atoms with Crippen LogP contribution in [0.1, 0.15) is 24.8 Å². The van der Waals surface area contributed by atoms with Crippen LogP contribution < -0.4 is 10.6 Å². The number of likely N-dealkylation sites (N-methyl/N-ethyl adjacent to an activating group) is 1. The van der Waals surface area contributed by atoms with Gasteiger partial charge >= 0.3 is 0 Å². The van der Waals surface area contributed by atoms with Gasteiger partial charge in [0.05, 0.1) is 6.10 Å². The Morgan fingerprint density at radius 2 is 2.22 bits per heavy atom. The van der Waals surface area contributed by atoms with E-state index in [0.717, 1.165) is 37.2 Å². The fourth-order valence-electron chi connectivity index (χ4n) is 2.33. The molecule has 0 aromatic heterocycles. The van der Waals surface area contributed by atoms with E-state index in [1.54, 1.807) is 6.07 Å². The zero-order valence-electron chi connectivity index (χ0n) is 10.9. The molecular formula is C14H21FN2O. The van der Waals surface area contributed by atoms with Crippen molar-refractivity contribution in [3.63, 3.8) is 0 Å². The Morgan fingerprint density at radius 3 is 2.89 bits per heavy atom. The molecule has 3 nitrogen and oxygen atoms in total. The first-order valence-corrected chi connectivity index (χ1v) is 6.51. The smallest absolute Gasteiger partial charge is 0.125 e. The molecule has 1 aliphatic rings. The second kappa shape index (κ2) is 6.16. The first-order chi connectivity index (χ1) is 8.69. The van der Waals surface area contributed by atoms with Crippen LogP contribution in [0.3, 0.4) is 0 Å². The van der Waals surface area contributed by atoms with Crippen LogP contribution in [0.2, 0.25) is 0 Å². The van der Waals surface area contributed by atoms with Crippen molar-refractivity contribution < 1.29 is 9.13 Å². The highest BCUT2D eigenvalue weighted by Crippen LogP contribution is 2.20. The van der Waals surface area contributed by atoms with E-state index >= 15 is 0 Å². The fourth-order valence-corrected chi connectivity index (χ4v) is 2.33. The Morgan fingerprint density at radius 1 is 1.39 bits per heavy atom. The van der Waals surface area contributed by atoms with E-state index in [1.807, 2.05) is 18.0 Å². The Kier molecular flexibility index (Phi) is 4.55. The second-order valence-corrected chi connectivity index (χ2v) is 4.89. The van der Waals surface area contributed by atoms with Crippen molar-refractivity contribution in [3.8, 4) is 0 Å². The van der Waals surface area contributed by atoms with Crippen molar-refractivity contribution in [3.05, 3.63) is 29.6 Å². The summed E-state index contributed by atoms with van der Waals surface area (Å²) in [5, 5.41) is 0. The maximum atomic E-state index is 13.4. The van der Waals surface area contributed by atoms with Gasteiger partial charge in [-0.1, -0.05) is 0 Å². The molecule has 2 N–H and O–H groups in total. The van der Waals surface area contributed by atoms with Crippen molar-refractivity contribution in [2.24, 2.45) is 5.73 Å². The highest BCUT2D eigenvalue weighted by molar-refractivity contribution is 5.48. The maximum absolute atomic E-state index is 13.4. The number of benzene rings is 1. The Balaban J connectivity index is 2.02. The molecule has 1 aromatic rings. The summed E-state index contributed by atoms with van der Waals surface area (Å²) < 4.78 is 19.1. The third-order valence-corrected chi connectivity index (χ3v) is 3.37. The Bertz CT molecular complexity index is 391. The van der Waals surface area contributed by atoms with Gasteiger partial charge in [-0.25, -0.2) is 4.39 Å². The summed E-state index contributed by atoms with van der Waals surface area (Å²) in [5.74, 6) is -0.232. The zero-order valence-corrected chi connectivity index (χ0v) is 10.9. The first-order valence-electron chi connectivity index (χ1n) is 6.51. The van der Waals surface area contributed by atoms with Crippen LogP contribution in [0.15, 0.2) is 18.2 Å². The van der Waals surface area contributed by atoms with Crippen LogP contribution in [0.25, 0.3) is 0 Å². The van der Waals surface area contributed by atoms with E-state index in [0.29, 0.717) is 6.54 Å². The normalized spacial score (nSPS) is 19.8. The van der Waals surface area contributed by atoms with Crippen LogP contribution >= 0.6 is 0 Å². The van der Waals surface area contributed by atoms with Crippen LogP contribution in [-0.2, 0) is 11.3 Å². The van der Waals surface area contributed by atoms with Gasteiger partial charge in [-0.15, -0.1) is 0 Å². The molecule has 1 heterocycles. The number of rotatable bonds is 4. The maximum Gasteiger partial charge on any atom is 0.125 e. The molecule has 1 fully saturated rings. The number of ether oxygens (including phenoxy) is 1. The molecule has 0 bridgehead atoms. The summed E-state index contributed by atoms with van der Waals surface area (Å²) in [6.07, 6.45) is 3.71. The number of nitrogens with zero attached hydrogens (tertiary/aromatic N) is 1. The van der Waals surface area contributed by atoms with Crippen molar-refractivity contribution in [2.45, 2.75) is 31.9 Å². The quantitative estimate of drug-likeness (QED) is 0.893. The number of hydrogen-bond acceptors (Lipinski definition) is 3. The Hall–Kier alpha value is -1.13. The number of anilines is 1. The zero-order chi connectivity index (χ0) is 13.0. The summed E-state index contributed by atoms with van der Waals surface area (Å²) in [6.45, 7) is 2.00. The van der Waals surface area contributed by atoms with Crippen molar-refractivity contribution in [2.75, 3.05) is 25.1 Å². The predicted molar refractivity (Wildman–Crippen MR) is 71.2 cm³/mol. The van der Waals surface area contributed by atoms with Crippen molar-refractivity contribution >= 4 is 5.69 Å². The minimum Gasteiger partial charge on any atom is -0.376 e. The molecule has 1 aliphatic heterocycles. The molecule has 1 aromatic carbocycles. The molecule has 4 heteroatoms. The number of halogens is 1. The van der Waals surface area contributed by atoms with E-state index in [2.05, 4.69) is 0 Å². The van der Waals surface area contributed by atoms with Gasteiger partial charge in [0.1, 0.15) is 5.82 Å². The summed E-state index contributed by atoms with van der Waals surface area (Å²) in [7, 11) is 1.97. The van der Waals surface area contributed by atoms with Gasteiger partial charge < -0.3 is 15.4 Å². The standard InChI is InChI=1S/C14H21FN2O/c1-17(10-14-4-2-3-5-18-14)13-7-11(9-16)6-12(15)8-13/h6-8,14H,2-5,9-10,16H2,1H3. The lowest BCUT2D eigenvalue weighted by Gasteiger charge is -2.29. The van der Waals surface area contributed by atoms with Crippen LogP contribution in [0.5, 0.6) is 0 Å². The van der Waals surface area contributed by atoms with E-state index in [-0.39, 0.29) is 11.9 Å². The molecular weight excluding hydrogens is 231 g/mol. The van der Waals surface area contributed by atoms with Crippen LogP contribution in [0.4, 0.5) is 10.1 Å². The number of nitrogens with two attached hydrogens (primary N) is 1. The molecule has 0 radical (unpaired) electrons. The molecule has 1 saturated heterocycles. The highest BCUT2D eigenvalue weighted by atomic mass is 19.1. The molecule has 2 rings (SSSR count). The summed E-state index contributed by atoms with van der Waals surface area (Å²) in [5.41, 5.74) is 7.25. The lowest BCUT2D eigenvalue weighted by atomic mass is 10.1. The van der Waals surface area contributed by atoms with Gasteiger partial charge in [-0.05, 0) is 43.0 Å². The molecule has 0 amide bonds. The van der Waals surface area contributed by atoms with Gasteiger partial charge in [-0.2, -0.15) is 0 Å². The minimum absolute atomic E-state index is 0.232. The van der Waals surface area contributed by atoms with Crippen molar-refractivity contribution in [1.29, 1.82) is 0 Å². The highest BCUT2D eigenvalue weighted by Gasteiger charge is 2.16. The van der Waals surface area contributed by atoms with E-state index in [9.17, 15) is 4.39 Å². The van der Waals surface area contributed by atoms with Crippen LogP contribution in [0, 0.1) is 5.82 Å². The van der Waals surface area contributed by atoms with E-state index < -0.39 is 0 Å². The number of hydrogen-bond donors (Lipinski definition) is 1. The summed E-state index contributed by atoms with van der Waals surface area (Å²) >= 11 is 0. The lowest BCUT2D eigenvalue weighted by molar-refractivity contribution is 0.0216. The summed E-state index contributed by atoms with van der Waals surface area (Å²) in [6, 6.07) is 4.96. The summed E-state index contributed by atoms with van der Waals surface area (Å²) in [4.78, 5) is 2.04. The van der Waals surface area contributed by atoms with Gasteiger partial charge in [0.2, 0.25) is 0 Å². The van der Waals surface area contributed by atoms with Gasteiger partial charge in [0.25, 0.3) is 0 Å². The van der Waals surface area contributed by atoms with Gasteiger partial charge in [-0.3, -0.25) is 0 Å².